The number of fused-ring (bicyclic) bond motifs is 1. The van der Waals surface area contributed by atoms with Crippen molar-refractivity contribution in [2.24, 2.45) is 4.99 Å². The standard InChI is InChI=1S/C21H24N4O6/c1-11(14-9-22-18-15(14)10-23-21(2,31)25-18)12-3-5-13(6-4-12)19(28)24-16(20(29)30)7-8-17(26)27/h3-6,9-11,16,22,25,31H,7-8H2,1-2H3,(H,24,28)(H,26,27)(H,29,30)/t11?,16-,21?/m0/s1. The van der Waals surface area contributed by atoms with E-state index < -0.39 is 29.7 Å². The average molecular weight is 428 g/mol. The highest BCUT2D eigenvalue weighted by Crippen LogP contribution is 2.33. The Hall–Kier alpha value is -3.66. The maximum absolute atomic E-state index is 12.4. The van der Waals surface area contributed by atoms with Gasteiger partial charge in [-0.3, -0.25) is 9.59 Å². The maximum atomic E-state index is 12.4. The molecule has 10 nitrogen and oxygen atoms in total. The van der Waals surface area contributed by atoms with Gasteiger partial charge in [-0.15, -0.1) is 0 Å². The van der Waals surface area contributed by atoms with Crippen LogP contribution in [0.15, 0.2) is 35.5 Å². The number of aliphatic hydroxyl groups is 1. The van der Waals surface area contributed by atoms with Crippen LogP contribution in [-0.2, 0) is 9.59 Å². The molecule has 1 aromatic heterocycles. The zero-order valence-electron chi connectivity index (χ0n) is 17.0. The molecule has 0 saturated heterocycles. The molecule has 1 aliphatic heterocycles. The summed E-state index contributed by atoms with van der Waals surface area (Å²) in [6.07, 6.45) is 2.88. The first-order valence-corrected chi connectivity index (χ1v) is 9.70. The first-order chi connectivity index (χ1) is 14.6. The molecule has 164 valence electrons. The minimum atomic E-state index is -1.37. The van der Waals surface area contributed by atoms with E-state index in [2.05, 4.69) is 20.6 Å². The molecule has 3 atom stereocenters. The number of hydrogen-bond acceptors (Lipinski definition) is 6. The number of anilines is 1. The van der Waals surface area contributed by atoms with Crippen LogP contribution in [0.3, 0.4) is 0 Å². The number of aromatic amines is 1. The van der Waals surface area contributed by atoms with Crippen molar-refractivity contribution in [2.75, 3.05) is 5.32 Å². The first kappa shape index (κ1) is 22.0. The van der Waals surface area contributed by atoms with Crippen molar-refractivity contribution in [3.05, 3.63) is 52.7 Å². The molecular formula is C21H24N4O6. The summed E-state index contributed by atoms with van der Waals surface area (Å²) >= 11 is 0. The van der Waals surface area contributed by atoms with Crippen molar-refractivity contribution < 1.29 is 29.7 Å². The number of carboxylic acid groups (broad SMARTS) is 2. The van der Waals surface area contributed by atoms with Crippen molar-refractivity contribution in [3.8, 4) is 0 Å². The van der Waals surface area contributed by atoms with E-state index in [4.69, 9.17) is 5.11 Å². The molecule has 31 heavy (non-hydrogen) atoms. The van der Waals surface area contributed by atoms with E-state index >= 15 is 0 Å². The van der Waals surface area contributed by atoms with Crippen LogP contribution in [0.5, 0.6) is 0 Å². The highest BCUT2D eigenvalue weighted by Gasteiger charge is 2.27. The lowest BCUT2D eigenvalue weighted by Gasteiger charge is -2.25. The lowest BCUT2D eigenvalue weighted by Crippen LogP contribution is -2.41. The Balaban J connectivity index is 1.71. The van der Waals surface area contributed by atoms with Crippen molar-refractivity contribution in [1.29, 1.82) is 0 Å². The van der Waals surface area contributed by atoms with E-state index in [1.807, 2.05) is 13.1 Å². The molecule has 0 aliphatic carbocycles. The molecule has 0 saturated carbocycles. The number of aromatic nitrogens is 1. The summed E-state index contributed by atoms with van der Waals surface area (Å²) in [6.45, 7) is 3.53. The number of nitrogens with one attached hydrogen (secondary N) is 3. The van der Waals surface area contributed by atoms with Crippen molar-refractivity contribution in [1.82, 2.24) is 10.3 Å². The molecule has 3 rings (SSSR count). The van der Waals surface area contributed by atoms with E-state index in [1.165, 1.54) is 6.92 Å². The molecule has 1 aliphatic rings. The number of aliphatic carboxylic acids is 2. The Kier molecular flexibility index (Phi) is 6.11. The van der Waals surface area contributed by atoms with E-state index in [0.29, 0.717) is 5.82 Å². The number of benzene rings is 1. The summed E-state index contributed by atoms with van der Waals surface area (Å²) in [6, 6.07) is 5.45. The molecule has 6 N–H and O–H groups in total. The Labute approximate surface area is 178 Å². The Bertz CT molecular complexity index is 1020. The summed E-state index contributed by atoms with van der Waals surface area (Å²) in [5, 5.41) is 33.2. The molecule has 0 fully saturated rings. The number of carbonyl (C=O) groups is 3. The molecule has 10 heteroatoms. The second kappa shape index (κ2) is 8.60. The highest BCUT2D eigenvalue weighted by molar-refractivity contribution is 5.96. The van der Waals surface area contributed by atoms with Gasteiger partial charge in [0.2, 0.25) is 5.85 Å². The molecule has 0 spiro atoms. The largest absolute Gasteiger partial charge is 0.481 e. The van der Waals surface area contributed by atoms with Gasteiger partial charge in [0.05, 0.1) is 0 Å². The highest BCUT2D eigenvalue weighted by atomic mass is 16.4. The second-order valence-corrected chi connectivity index (χ2v) is 7.58. The number of H-pyrrole nitrogens is 1. The second-order valence-electron chi connectivity index (χ2n) is 7.58. The van der Waals surface area contributed by atoms with Crippen LogP contribution >= 0.6 is 0 Å². The Morgan fingerprint density at radius 1 is 1.19 bits per heavy atom. The molecular weight excluding hydrogens is 404 g/mol. The number of amides is 1. The quantitative estimate of drug-likeness (QED) is 0.373. The van der Waals surface area contributed by atoms with Gasteiger partial charge < -0.3 is 30.9 Å². The fraction of sp³-hybridized carbons (Fsp3) is 0.333. The van der Waals surface area contributed by atoms with Gasteiger partial charge in [0.1, 0.15) is 11.9 Å². The van der Waals surface area contributed by atoms with Crippen LogP contribution in [0, 0.1) is 0 Å². The van der Waals surface area contributed by atoms with Gasteiger partial charge in [-0.2, -0.15) is 0 Å². The number of hydrogen-bond donors (Lipinski definition) is 6. The molecule has 1 amide bonds. The van der Waals surface area contributed by atoms with Gasteiger partial charge in [-0.05, 0) is 29.7 Å². The third-order valence-corrected chi connectivity index (χ3v) is 5.15. The van der Waals surface area contributed by atoms with Gasteiger partial charge in [-0.1, -0.05) is 19.1 Å². The molecule has 2 aromatic rings. The van der Waals surface area contributed by atoms with Gasteiger partial charge in [0, 0.05) is 42.8 Å². The zero-order valence-corrected chi connectivity index (χ0v) is 17.0. The third-order valence-electron chi connectivity index (χ3n) is 5.15. The fourth-order valence-corrected chi connectivity index (χ4v) is 3.38. The van der Waals surface area contributed by atoms with Gasteiger partial charge in [0.15, 0.2) is 0 Å². The van der Waals surface area contributed by atoms with Crippen LogP contribution in [0.4, 0.5) is 5.82 Å². The van der Waals surface area contributed by atoms with E-state index in [0.717, 1.165) is 16.7 Å². The van der Waals surface area contributed by atoms with Crippen LogP contribution in [0.2, 0.25) is 0 Å². The summed E-state index contributed by atoms with van der Waals surface area (Å²) in [5.41, 5.74) is 2.99. The van der Waals surface area contributed by atoms with Crippen LogP contribution in [0.25, 0.3) is 0 Å². The molecule has 0 radical (unpaired) electrons. The minimum Gasteiger partial charge on any atom is -0.481 e. The number of nitrogens with zero attached hydrogens (tertiary/aromatic N) is 1. The summed E-state index contributed by atoms with van der Waals surface area (Å²) in [7, 11) is 0. The van der Waals surface area contributed by atoms with Gasteiger partial charge in [0.25, 0.3) is 5.91 Å². The fourth-order valence-electron chi connectivity index (χ4n) is 3.38. The number of rotatable bonds is 8. The minimum absolute atomic E-state index is 0.0456. The molecule has 1 aromatic carbocycles. The summed E-state index contributed by atoms with van der Waals surface area (Å²) in [5.74, 6) is -3.75. The molecule has 2 unspecified atom stereocenters. The van der Waals surface area contributed by atoms with Crippen LogP contribution < -0.4 is 10.6 Å². The third kappa shape index (κ3) is 5.10. The van der Waals surface area contributed by atoms with E-state index in [1.54, 1.807) is 30.5 Å². The van der Waals surface area contributed by atoms with Gasteiger partial charge >= 0.3 is 11.9 Å². The van der Waals surface area contributed by atoms with Crippen molar-refractivity contribution in [2.45, 2.75) is 44.5 Å². The molecule has 2 heterocycles. The lowest BCUT2D eigenvalue weighted by atomic mass is 9.91. The zero-order chi connectivity index (χ0) is 22.8. The predicted molar refractivity (Wildman–Crippen MR) is 112 cm³/mol. The van der Waals surface area contributed by atoms with Crippen LogP contribution in [-0.4, -0.2) is 56.3 Å². The number of carboxylic acids is 2. The van der Waals surface area contributed by atoms with Crippen molar-refractivity contribution >= 4 is 29.9 Å². The maximum Gasteiger partial charge on any atom is 0.326 e. The average Bonchev–Trinajstić information content (AvgIpc) is 3.11. The predicted octanol–water partition coefficient (Wildman–Crippen LogP) is 1.72. The smallest absolute Gasteiger partial charge is 0.326 e. The van der Waals surface area contributed by atoms with E-state index in [9.17, 15) is 24.6 Å². The van der Waals surface area contributed by atoms with Crippen molar-refractivity contribution in [3.63, 3.8) is 0 Å². The summed E-state index contributed by atoms with van der Waals surface area (Å²) < 4.78 is 0. The Morgan fingerprint density at radius 2 is 1.87 bits per heavy atom. The van der Waals surface area contributed by atoms with Gasteiger partial charge in [-0.25, -0.2) is 9.79 Å². The van der Waals surface area contributed by atoms with E-state index in [-0.39, 0.29) is 24.3 Å². The van der Waals surface area contributed by atoms with Crippen LogP contribution in [0.1, 0.15) is 59.7 Å². The normalized spacial score (nSPS) is 19.1. The number of aliphatic imine (C=N–C) groups is 1. The topological polar surface area (TPSA) is 164 Å². The monoisotopic (exact) mass is 428 g/mol. The number of carbonyl (C=O) groups excluding carboxylic acids is 1. The SMILES string of the molecule is CC(c1ccc(C(=O)N[C@@H](CCC(=O)O)C(=O)O)cc1)c1c[nH]c2c1C=NC(C)(O)N2. The lowest BCUT2D eigenvalue weighted by molar-refractivity contribution is -0.140. The first-order valence-electron chi connectivity index (χ1n) is 9.70. The Morgan fingerprint density at radius 3 is 2.48 bits per heavy atom. The molecule has 0 bridgehead atoms. The summed E-state index contributed by atoms with van der Waals surface area (Å²) in [4.78, 5) is 41.5.